The van der Waals surface area contributed by atoms with E-state index in [2.05, 4.69) is 75.0 Å². The van der Waals surface area contributed by atoms with E-state index < -0.39 is 0 Å². The van der Waals surface area contributed by atoms with Gasteiger partial charge in [-0.2, -0.15) is 0 Å². The fraction of sp³-hybridized carbons (Fsp3) is 0.519. The molecule has 3 heteroatoms. The maximum atomic E-state index is 9.05. The molecule has 3 nitrogen and oxygen atoms in total. The molecule has 3 N–H and O–H groups in total. The summed E-state index contributed by atoms with van der Waals surface area (Å²) < 4.78 is 0. The number of aliphatic hydroxyl groups is 1. The SMILES string of the molecule is CC.CCCC(O)CCC.CCc1ccccc1.NC=O.c1ccc2c(c1)CCC2. The predicted molar refractivity (Wildman–Crippen MR) is 132 cm³/mol. The first-order valence-electron chi connectivity index (χ1n) is 11.6. The van der Waals surface area contributed by atoms with E-state index in [-0.39, 0.29) is 12.5 Å². The predicted octanol–water partition coefficient (Wildman–Crippen LogP) is 6.50. The fourth-order valence-electron chi connectivity index (χ4n) is 3.04. The van der Waals surface area contributed by atoms with Crippen LogP contribution >= 0.6 is 0 Å². The summed E-state index contributed by atoms with van der Waals surface area (Å²) in [5.74, 6) is 0. The number of hydrogen-bond donors (Lipinski definition) is 2. The fourth-order valence-corrected chi connectivity index (χ4v) is 3.04. The average Bonchev–Trinajstić information content (AvgIpc) is 3.27. The lowest BCUT2D eigenvalue weighted by Gasteiger charge is -2.04. The van der Waals surface area contributed by atoms with Gasteiger partial charge in [0.25, 0.3) is 0 Å². The first-order valence-corrected chi connectivity index (χ1v) is 11.6. The van der Waals surface area contributed by atoms with Crippen LogP contribution < -0.4 is 5.73 Å². The van der Waals surface area contributed by atoms with Crippen molar-refractivity contribution in [3.8, 4) is 0 Å². The van der Waals surface area contributed by atoms with Gasteiger partial charge >= 0.3 is 0 Å². The van der Waals surface area contributed by atoms with Crippen LogP contribution in [0.4, 0.5) is 0 Å². The van der Waals surface area contributed by atoms with Crippen molar-refractivity contribution in [2.75, 3.05) is 0 Å². The molecule has 0 aliphatic heterocycles. The lowest BCUT2D eigenvalue weighted by atomic mass is 10.1. The number of aryl methyl sites for hydroxylation is 3. The molecule has 0 unspecified atom stereocenters. The Labute approximate surface area is 185 Å². The largest absolute Gasteiger partial charge is 0.393 e. The molecule has 0 spiro atoms. The summed E-state index contributed by atoms with van der Waals surface area (Å²) in [5.41, 5.74) is 8.71. The lowest BCUT2D eigenvalue weighted by Crippen LogP contribution is -2.03. The molecule has 1 aliphatic rings. The van der Waals surface area contributed by atoms with Crippen LogP contribution in [0.5, 0.6) is 0 Å². The number of aliphatic hydroxyl groups excluding tert-OH is 1. The molecule has 1 amide bonds. The lowest BCUT2D eigenvalue weighted by molar-refractivity contribution is -0.106. The van der Waals surface area contributed by atoms with Crippen LogP contribution in [-0.4, -0.2) is 17.6 Å². The van der Waals surface area contributed by atoms with Crippen LogP contribution in [0.2, 0.25) is 0 Å². The molecule has 3 rings (SSSR count). The van der Waals surface area contributed by atoms with E-state index in [0.29, 0.717) is 0 Å². The van der Waals surface area contributed by atoms with Crippen LogP contribution in [-0.2, 0) is 24.1 Å². The molecular weight excluding hydrogens is 370 g/mol. The summed E-state index contributed by atoms with van der Waals surface area (Å²) in [6, 6.07) is 19.2. The Morgan fingerprint density at radius 2 is 1.27 bits per heavy atom. The first kappa shape index (κ1) is 30.1. The van der Waals surface area contributed by atoms with Crippen LogP contribution in [0, 0.1) is 0 Å². The standard InChI is InChI=1S/C9H10.C8H10.C7H16O.C2H6.CH3NO/c1-2-5-9-7-3-6-8(9)4-1;1-2-8-6-4-3-5-7-8;1-3-5-7(8)6-4-2;1-2;2-1-3/h1-2,4-5H,3,6-7H2;3-7H,2H2,1H3;7-8H,3-6H2,1-2H3;1-2H3;1H,(H2,2,3). The number of hydrogen-bond acceptors (Lipinski definition) is 2. The molecule has 30 heavy (non-hydrogen) atoms. The van der Waals surface area contributed by atoms with E-state index in [0.717, 1.165) is 32.1 Å². The summed E-state index contributed by atoms with van der Waals surface area (Å²) in [5, 5.41) is 9.05. The van der Waals surface area contributed by atoms with Gasteiger partial charge in [0.15, 0.2) is 0 Å². The zero-order chi connectivity index (χ0) is 23.0. The van der Waals surface area contributed by atoms with Gasteiger partial charge in [-0.1, -0.05) is 102 Å². The molecule has 0 atom stereocenters. The number of rotatable bonds is 5. The minimum atomic E-state index is -0.0370. The molecule has 2 aromatic carbocycles. The minimum absolute atomic E-state index is 0.0370. The van der Waals surface area contributed by atoms with Crippen LogP contribution in [0.1, 0.15) is 83.4 Å². The summed E-state index contributed by atoms with van der Waals surface area (Å²) in [6.07, 6.45) is 9.45. The summed E-state index contributed by atoms with van der Waals surface area (Å²) in [6.45, 7) is 10.4. The van der Waals surface area contributed by atoms with Gasteiger partial charge in [0.05, 0.1) is 6.10 Å². The summed E-state index contributed by atoms with van der Waals surface area (Å²) in [7, 11) is 0. The van der Waals surface area contributed by atoms with Gasteiger partial charge in [-0.3, -0.25) is 4.79 Å². The summed E-state index contributed by atoms with van der Waals surface area (Å²) >= 11 is 0. The monoisotopic (exact) mass is 415 g/mol. The maximum absolute atomic E-state index is 9.05. The van der Waals surface area contributed by atoms with E-state index in [4.69, 9.17) is 9.90 Å². The third kappa shape index (κ3) is 16.8. The van der Waals surface area contributed by atoms with Crippen molar-refractivity contribution in [3.05, 3.63) is 71.3 Å². The average molecular weight is 416 g/mol. The Bertz CT molecular complexity index is 570. The molecule has 170 valence electrons. The second kappa shape index (κ2) is 23.2. The number of carbonyl (C=O) groups excluding carboxylic acids is 1. The van der Waals surface area contributed by atoms with Gasteiger partial charge in [-0.25, -0.2) is 0 Å². The number of nitrogens with two attached hydrogens (primary N) is 1. The normalized spacial score (nSPS) is 10.5. The highest BCUT2D eigenvalue weighted by atomic mass is 16.3. The highest BCUT2D eigenvalue weighted by Gasteiger charge is 2.07. The van der Waals surface area contributed by atoms with Crippen LogP contribution in [0.15, 0.2) is 54.6 Å². The van der Waals surface area contributed by atoms with Crippen molar-refractivity contribution in [1.29, 1.82) is 0 Å². The quantitative estimate of drug-likeness (QED) is 0.547. The highest BCUT2D eigenvalue weighted by Crippen LogP contribution is 2.20. The van der Waals surface area contributed by atoms with Crippen molar-refractivity contribution >= 4 is 6.41 Å². The third-order valence-electron chi connectivity index (χ3n) is 4.51. The van der Waals surface area contributed by atoms with Gasteiger partial charge < -0.3 is 10.8 Å². The molecule has 2 aromatic rings. The number of carbonyl (C=O) groups is 1. The van der Waals surface area contributed by atoms with E-state index >= 15 is 0 Å². The Hall–Kier alpha value is -2.13. The Kier molecular flexibility index (Phi) is 23.2. The Morgan fingerprint density at radius 3 is 1.60 bits per heavy atom. The van der Waals surface area contributed by atoms with Crippen LogP contribution in [0.25, 0.3) is 0 Å². The second-order valence-corrected chi connectivity index (χ2v) is 6.83. The second-order valence-electron chi connectivity index (χ2n) is 6.83. The number of fused-ring (bicyclic) bond motifs is 1. The molecule has 0 aromatic heterocycles. The Morgan fingerprint density at radius 1 is 0.867 bits per heavy atom. The highest BCUT2D eigenvalue weighted by molar-refractivity contribution is 5.42. The van der Waals surface area contributed by atoms with Crippen LogP contribution in [0.3, 0.4) is 0 Å². The molecular formula is C27H45NO2. The van der Waals surface area contributed by atoms with E-state index in [1.165, 1.54) is 24.8 Å². The van der Waals surface area contributed by atoms with Crippen molar-refractivity contribution in [3.63, 3.8) is 0 Å². The first-order chi connectivity index (χ1) is 14.6. The van der Waals surface area contributed by atoms with E-state index in [1.807, 2.05) is 19.9 Å². The van der Waals surface area contributed by atoms with Gasteiger partial charge in [0.1, 0.15) is 0 Å². The number of primary amides is 1. The third-order valence-corrected chi connectivity index (χ3v) is 4.51. The van der Waals surface area contributed by atoms with Gasteiger partial charge in [-0.05, 0) is 55.2 Å². The molecule has 0 bridgehead atoms. The van der Waals surface area contributed by atoms with Gasteiger partial charge in [0.2, 0.25) is 6.41 Å². The minimum Gasteiger partial charge on any atom is -0.393 e. The van der Waals surface area contributed by atoms with E-state index in [9.17, 15) is 0 Å². The smallest absolute Gasteiger partial charge is 0.204 e. The topological polar surface area (TPSA) is 63.3 Å². The number of benzene rings is 2. The van der Waals surface area contributed by atoms with Gasteiger partial charge in [-0.15, -0.1) is 0 Å². The van der Waals surface area contributed by atoms with Crippen molar-refractivity contribution in [1.82, 2.24) is 0 Å². The van der Waals surface area contributed by atoms with Gasteiger partial charge in [0, 0.05) is 0 Å². The van der Waals surface area contributed by atoms with Crippen molar-refractivity contribution < 1.29 is 9.90 Å². The van der Waals surface area contributed by atoms with E-state index in [1.54, 1.807) is 11.1 Å². The molecule has 1 aliphatic carbocycles. The zero-order valence-electron chi connectivity index (χ0n) is 19.9. The molecule has 0 fully saturated rings. The summed E-state index contributed by atoms with van der Waals surface area (Å²) in [4.78, 5) is 8.58. The van der Waals surface area contributed by atoms with Crippen molar-refractivity contribution in [2.24, 2.45) is 5.73 Å². The maximum Gasteiger partial charge on any atom is 0.204 e. The molecule has 0 saturated carbocycles. The molecule has 0 radical (unpaired) electrons. The zero-order valence-corrected chi connectivity index (χ0v) is 19.9. The molecule has 0 heterocycles. The van der Waals surface area contributed by atoms with Crippen molar-refractivity contribution in [2.45, 2.75) is 92.1 Å². The molecule has 0 saturated heterocycles. The number of amides is 1. The Balaban J connectivity index is 0.